The van der Waals surface area contributed by atoms with E-state index in [4.69, 9.17) is 9.47 Å². The first-order chi connectivity index (χ1) is 10.8. The third kappa shape index (κ3) is 6.27. The van der Waals surface area contributed by atoms with Gasteiger partial charge in [0.2, 0.25) is 0 Å². The molecule has 124 valence electrons. The normalized spacial score (nSPS) is 14.1. The summed E-state index contributed by atoms with van der Waals surface area (Å²) in [6, 6.07) is 6.26. The maximum absolute atomic E-state index is 5.87. The van der Waals surface area contributed by atoms with E-state index in [0.717, 1.165) is 43.5 Å². The Balaban J connectivity index is 1.72. The lowest BCUT2D eigenvalue weighted by Crippen LogP contribution is -2.16. The predicted octanol–water partition coefficient (Wildman–Crippen LogP) is 4.54. The largest absolute Gasteiger partial charge is 0.493 e. The van der Waals surface area contributed by atoms with Crippen molar-refractivity contribution < 1.29 is 9.47 Å². The second-order valence-electron chi connectivity index (χ2n) is 6.32. The molecule has 3 heteroatoms. The molecule has 22 heavy (non-hydrogen) atoms. The number of rotatable bonds is 12. The number of hydrogen-bond donors (Lipinski definition) is 1. The second kappa shape index (κ2) is 9.73. The average Bonchev–Trinajstić information content (AvgIpc) is 3.36. The highest BCUT2D eigenvalue weighted by Crippen LogP contribution is 2.29. The summed E-state index contributed by atoms with van der Waals surface area (Å²) in [5, 5.41) is 3.51. The van der Waals surface area contributed by atoms with Gasteiger partial charge < -0.3 is 14.8 Å². The molecular weight excluding hydrogens is 274 g/mol. The molecule has 0 aliphatic heterocycles. The van der Waals surface area contributed by atoms with Gasteiger partial charge >= 0.3 is 0 Å². The standard InChI is InChI=1S/C19H31NO2/c1-3-4-5-6-7-12-22-18-11-10-17(13-19(18)21-2)15-20-14-16-8-9-16/h10-11,13,16,20H,3-9,12,14-15H2,1-2H3. The van der Waals surface area contributed by atoms with Crippen LogP contribution in [0.25, 0.3) is 0 Å². The van der Waals surface area contributed by atoms with Gasteiger partial charge in [0.05, 0.1) is 13.7 Å². The first kappa shape index (κ1) is 17.1. The summed E-state index contributed by atoms with van der Waals surface area (Å²) >= 11 is 0. The second-order valence-corrected chi connectivity index (χ2v) is 6.32. The summed E-state index contributed by atoms with van der Waals surface area (Å²) in [6.07, 6.45) is 9.06. The number of ether oxygens (including phenoxy) is 2. The third-order valence-corrected chi connectivity index (χ3v) is 4.19. The molecule has 0 radical (unpaired) electrons. The molecule has 2 rings (SSSR count). The van der Waals surface area contributed by atoms with E-state index in [1.165, 1.54) is 44.1 Å². The van der Waals surface area contributed by atoms with Gasteiger partial charge in [-0.05, 0) is 49.4 Å². The summed E-state index contributed by atoms with van der Waals surface area (Å²) in [4.78, 5) is 0. The van der Waals surface area contributed by atoms with Crippen molar-refractivity contribution in [2.24, 2.45) is 5.92 Å². The molecule has 0 spiro atoms. The number of methoxy groups -OCH3 is 1. The van der Waals surface area contributed by atoms with E-state index >= 15 is 0 Å². The van der Waals surface area contributed by atoms with Gasteiger partial charge in [-0.1, -0.05) is 38.7 Å². The Morgan fingerprint density at radius 2 is 1.91 bits per heavy atom. The minimum absolute atomic E-state index is 0.777. The van der Waals surface area contributed by atoms with Crippen LogP contribution in [0, 0.1) is 5.92 Å². The first-order valence-electron chi connectivity index (χ1n) is 8.84. The summed E-state index contributed by atoms with van der Waals surface area (Å²) in [7, 11) is 1.71. The van der Waals surface area contributed by atoms with Gasteiger partial charge in [0, 0.05) is 6.54 Å². The van der Waals surface area contributed by atoms with Crippen LogP contribution >= 0.6 is 0 Å². The monoisotopic (exact) mass is 305 g/mol. The lowest BCUT2D eigenvalue weighted by atomic mass is 10.1. The fraction of sp³-hybridized carbons (Fsp3) is 0.684. The Hall–Kier alpha value is -1.22. The molecule has 1 fully saturated rings. The minimum atomic E-state index is 0.777. The highest BCUT2D eigenvalue weighted by Gasteiger charge is 2.20. The van der Waals surface area contributed by atoms with E-state index in [1.54, 1.807) is 7.11 Å². The van der Waals surface area contributed by atoms with Crippen LogP contribution in [0.2, 0.25) is 0 Å². The van der Waals surface area contributed by atoms with Gasteiger partial charge in [0.15, 0.2) is 11.5 Å². The van der Waals surface area contributed by atoms with Gasteiger partial charge in [0.25, 0.3) is 0 Å². The summed E-state index contributed by atoms with van der Waals surface area (Å²) in [6.45, 7) is 5.06. The van der Waals surface area contributed by atoms with Crippen molar-refractivity contribution in [3.63, 3.8) is 0 Å². The Morgan fingerprint density at radius 1 is 1.09 bits per heavy atom. The highest BCUT2D eigenvalue weighted by atomic mass is 16.5. The fourth-order valence-corrected chi connectivity index (χ4v) is 2.57. The quantitative estimate of drug-likeness (QED) is 0.575. The number of unbranched alkanes of at least 4 members (excludes halogenated alkanes) is 4. The molecule has 0 unspecified atom stereocenters. The molecule has 0 atom stereocenters. The minimum Gasteiger partial charge on any atom is -0.493 e. The molecule has 1 saturated carbocycles. The van der Waals surface area contributed by atoms with E-state index in [9.17, 15) is 0 Å². The molecule has 0 bridgehead atoms. The molecule has 0 saturated heterocycles. The Kier molecular flexibility index (Phi) is 7.58. The predicted molar refractivity (Wildman–Crippen MR) is 91.7 cm³/mol. The SMILES string of the molecule is CCCCCCCOc1ccc(CNCC2CC2)cc1OC. The van der Waals surface area contributed by atoms with Gasteiger partial charge in [-0.3, -0.25) is 0 Å². The summed E-state index contributed by atoms with van der Waals surface area (Å²) < 4.78 is 11.3. The molecule has 1 aromatic rings. The molecule has 1 aromatic carbocycles. The smallest absolute Gasteiger partial charge is 0.161 e. The van der Waals surface area contributed by atoms with E-state index in [0.29, 0.717) is 0 Å². The fourth-order valence-electron chi connectivity index (χ4n) is 2.57. The summed E-state index contributed by atoms with van der Waals surface area (Å²) in [5.41, 5.74) is 1.26. The zero-order valence-electron chi connectivity index (χ0n) is 14.2. The van der Waals surface area contributed by atoms with Crippen molar-refractivity contribution >= 4 is 0 Å². The molecule has 0 heterocycles. The van der Waals surface area contributed by atoms with Crippen LogP contribution < -0.4 is 14.8 Å². The molecule has 3 nitrogen and oxygen atoms in total. The molecule has 0 aromatic heterocycles. The molecule has 1 aliphatic carbocycles. The molecular formula is C19H31NO2. The first-order valence-corrected chi connectivity index (χ1v) is 8.84. The van der Waals surface area contributed by atoms with Crippen molar-refractivity contribution in [2.45, 2.75) is 58.4 Å². The molecule has 1 aliphatic rings. The van der Waals surface area contributed by atoms with Crippen LogP contribution in [0.3, 0.4) is 0 Å². The van der Waals surface area contributed by atoms with E-state index < -0.39 is 0 Å². The topological polar surface area (TPSA) is 30.5 Å². The van der Waals surface area contributed by atoms with Crippen molar-refractivity contribution in [3.05, 3.63) is 23.8 Å². The Morgan fingerprint density at radius 3 is 2.64 bits per heavy atom. The maximum Gasteiger partial charge on any atom is 0.161 e. The van der Waals surface area contributed by atoms with Crippen molar-refractivity contribution in [1.82, 2.24) is 5.32 Å². The molecule has 1 N–H and O–H groups in total. The Labute approximate surface area is 135 Å². The maximum atomic E-state index is 5.87. The zero-order valence-corrected chi connectivity index (χ0v) is 14.2. The van der Waals surface area contributed by atoms with Crippen LogP contribution in [0.5, 0.6) is 11.5 Å². The Bertz CT molecular complexity index is 429. The van der Waals surface area contributed by atoms with Crippen molar-refractivity contribution in [1.29, 1.82) is 0 Å². The third-order valence-electron chi connectivity index (χ3n) is 4.19. The van der Waals surface area contributed by atoms with E-state index in [1.807, 2.05) is 6.07 Å². The van der Waals surface area contributed by atoms with Gasteiger partial charge in [-0.15, -0.1) is 0 Å². The van der Waals surface area contributed by atoms with Crippen molar-refractivity contribution in [2.75, 3.05) is 20.3 Å². The highest BCUT2D eigenvalue weighted by molar-refractivity contribution is 5.42. The van der Waals surface area contributed by atoms with Crippen LogP contribution in [0.1, 0.15) is 57.4 Å². The van der Waals surface area contributed by atoms with Gasteiger partial charge in [0.1, 0.15) is 0 Å². The van der Waals surface area contributed by atoms with Crippen LogP contribution in [0.15, 0.2) is 18.2 Å². The summed E-state index contributed by atoms with van der Waals surface area (Å²) in [5.74, 6) is 2.63. The van der Waals surface area contributed by atoms with E-state index in [2.05, 4.69) is 24.4 Å². The molecule has 0 amide bonds. The van der Waals surface area contributed by atoms with Crippen LogP contribution in [-0.2, 0) is 6.54 Å². The lowest BCUT2D eigenvalue weighted by molar-refractivity contribution is 0.284. The van der Waals surface area contributed by atoms with Crippen LogP contribution in [0.4, 0.5) is 0 Å². The van der Waals surface area contributed by atoms with Crippen molar-refractivity contribution in [3.8, 4) is 11.5 Å². The number of nitrogens with one attached hydrogen (secondary N) is 1. The zero-order chi connectivity index (χ0) is 15.6. The number of benzene rings is 1. The van der Waals surface area contributed by atoms with Gasteiger partial charge in [-0.25, -0.2) is 0 Å². The van der Waals surface area contributed by atoms with E-state index in [-0.39, 0.29) is 0 Å². The lowest BCUT2D eigenvalue weighted by Gasteiger charge is -2.12. The van der Waals surface area contributed by atoms with Gasteiger partial charge in [-0.2, -0.15) is 0 Å². The van der Waals surface area contributed by atoms with Crippen LogP contribution in [-0.4, -0.2) is 20.3 Å². The average molecular weight is 305 g/mol. The number of hydrogen-bond acceptors (Lipinski definition) is 3.